The molecule has 0 bridgehead atoms. The molecule has 1 amide bonds. The standard InChI is InChI=1S/C17H12BrF3N2O5/c18-10-5-12(13(23(25)26)6-11(10)19)22-14(7-27-8-16(22)24)9-3-1-2-4-15(9)28-17(20)21/h1-6,14,17H,7-8H2. The molecule has 0 saturated carbocycles. The molecule has 1 aliphatic heterocycles. The summed E-state index contributed by atoms with van der Waals surface area (Å²) in [4.78, 5) is 24.2. The lowest BCUT2D eigenvalue weighted by molar-refractivity contribution is -0.384. The van der Waals surface area contributed by atoms with E-state index in [0.717, 1.165) is 11.0 Å². The quantitative estimate of drug-likeness (QED) is 0.493. The van der Waals surface area contributed by atoms with Gasteiger partial charge in [0.15, 0.2) is 0 Å². The summed E-state index contributed by atoms with van der Waals surface area (Å²) in [5.74, 6) is -1.73. The second kappa shape index (κ2) is 8.15. The fourth-order valence-corrected chi connectivity index (χ4v) is 3.26. The Labute approximate surface area is 164 Å². The molecule has 1 heterocycles. The summed E-state index contributed by atoms with van der Waals surface area (Å²) < 4.78 is 49.0. The molecule has 28 heavy (non-hydrogen) atoms. The first-order chi connectivity index (χ1) is 13.3. The van der Waals surface area contributed by atoms with Crippen molar-refractivity contribution in [1.29, 1.82) is 0 Å². The van der Waals surface area contributed by atoms with E-state index in [1.807, 2.05) is 0 Å². The Morgan fingerprint density at radius 3 is 2.71 bits per heavy atom. The molecule has 0 spiro atoms. The van der Waals surface area contributed by atoms with Crippen LogP contribution in [-0.4, -0.2) is 30.7 Å². The van der Waals surface area contributed by atoms with Crippen LogP contribution in [0.15, 0.2) is 40.9 Å². The number of nitro groups is 1. The number of carbonyl (C=O) groups excluding carboxylic acids is 1. The highest BCUT2D eigenvalue weighted by atomic mass is 79.9. The molecule has 1 fully saturated rings. The predicted molar refractivity (Wildman–Crippen MR) is 94.9 cm³/mol. The van der Waals surface area contributed by atoms with Gasteiger partial charge in [-0.2, -0.15) is 8.78 Å². The van der Waals surface area contributed by atoms with Crippen LogP contribution in [-0.2, 0) is 9.53 Å². The second-order valence-corrected chi connectivity index (χ2v) is 6.58. The van der Waals surface area contributed by atoms with E-state index in [-0.39, 0.29) is 34.7 Å². The molecule has 1 aliphatic rings. The van der Waals surface area contributed by atoms with Gasteiger partial charge in [0.1, 0.15) is 23.9 Å². The van der Waals surface area contributed by atoms with Crippen LogP contribution < -0.4 is 9.64 Å². The molecule has 148 valence electrons. The minimum absolute atomic E-state index is 0.0942. The van der Waals surface area contributed by atoms with Crippen LogP contribution in [0.4, 0.5) is 24.5 Å². The van der Waals surface area contributed by atoms with Crippen molar-refractivity contribution in [3.8, 4) is 5.75 Å². The third-order valence-corrected chi connectivity index (χ3v) is 4.66. The van der Waals surface area contributed by atoms with Crippen molar-refractivity contribution in [2.24, 2.45) is 0 Å². The normalized spacial score (nSPS) is 17.1. The van der Waals surface area contributed by atoms with Gasteiger partial charge in [0.05, 0.1) is 28.1 Å². The lowest BCUT2D eigenvalue weighted by Gasteiger charge is -2.36. The van der Waals surface area contributed by atoms with Crippen LogP contribution in [0.3, 0.4) is 0 Å². The van der Waals surface area contributed by atoms with Crippen LogP contribution in [0.25, 0.3) is 0 Å². The number of halogens is 4. The Morgan fingerprint density at radius 1 is 1.32 bits per heavy atom. The maximum Gasteiger partial charge on any atom is 0.387 e. The number of para-hydroxylation sites is 1. The zero-order valence-electron chi connectivity index (χ0n) is 14.0. The van der Waals surface area contributed by atoms with E-state index < -0.39 is 35.0 Å². The second-order valence-electron chi connectivity index (χ2n) is 5.72. The molecule has 3 rings (SSSR count). The molecular weight excluding hydrogens is 449 g/mol. The summed E-state index contributed by atoms with van der Waals surface area (Å²) in [5, 5.41) is 11.4. The monoisotopic (exact) mass is 460 g/mol. The number of nitrogens with zero attached hydrogens (tertiary/aromatic N) is 2. The summed E-state index contributed by atoms with van der Waals surface area (Å²) in [6.07, 6.45) is 0. The summed E-state index contributed by atoms with van der Waals surface area (Å²) in [7, 11) is 0. The Bertz CT molecular complexity index is 928. The third kappa shape index (κ3) is 3.94. The van der Waals surface area contributed by atoms with E-state index >= 15 is 0 Å². The van der Waals surface area contributed by atoms with Crippen molar-refractivity contribution in [1.82, 2.24) is 0 Å². The van der Waals surface area contributed by atoms with Crippen LogP contribution >= 0.6 is 15.9 Å². The maximum atomic E-state index is 13.8. The van der Waals surface area contributed by atoms with E-state index in [2.05, 4.69) is 20.7 Å². The summed E-state index contributed by atoms with van der Waals surface area (Å²) in [6, 6.07) is 6.53. The fraction of sp³-hybridized carbons (Fsp3) is 0.235. The molecule has 1 unspecified atom stereocenters. The van der Waals surface area contributed by atoms with Crippen molar-refractivity contribution in [3.05, 3.63) is 62.4 Å². The first-order valence-electron chi connectivity index (χ1n) is 7.86. The van der Waals surface area contributed by atoms with Crippen LogP contribution in [0, 0.1) is 15.9 Å². The van der Waals surface area contributed by atoms with Crippen molar-refractivity contribution in [2.75, 3.05) is 18.1 Å². The number of benzene rings is 2. The Kier molecular flexibility index (Phi) is 5.84. The molecule has 0 aliphatic carbocycles. The van der Waals surface area contributed by atoms with Crippen LogP contribution in [0.1, 0.15) is 11.6 Å². The van der Waals surface area contributed by atoms with Gasteiger partial charge < -0.3 is 9.47 Å². The zero-order valence-corrected chi connectivity index (χ0v) is 15.6. The van der Waals surface area contributed by atoms with E-state index in [4.69, 9.17) is 4.74 Å². The van der Waals surface area contributed by atoms with Crippen molar-refractivity contribution in [2.45, 2.75) is 12.7 Å². The zero-order chi connectivity index (χ0) is 20.4. The largest absolute Gasteiger partial charge is 0.434 e. The minimum atomic E-state index is -3.11. The molecular formula is C17H12BrF3N2O5. The maximum absolute atomic E-state index is 13.8. The molecule has 0 N–H and O–H groups in total. The van der Waals surface area contributed by atoms with Gasteiger partial charge in [0, 0.05) is 5.56 Å². The Morgan fingerprint density at radius 2 is 2.04 bits per heavy atom. The Balaban J connectivity index is 2.15. The predicted octanol–water partition coefficient (Wildman–Crippen LogP) is 4.20. The summed E-state index contributed by atoms with van der Waals surface area (Å²) in [6.45, 7) is -3.61. The van der Waals surface area contributed by atoms with Crippen molar-refractivity contribution in [3.63, 3.8) is 0 Å². The third-order valence-electron chi connectivity index (χ3n) is 4.05. The highest BCUT2D eigenvalue weighted by molar-refractivity contribution is 9.10. The number of carbonyl (C=O) groups is 1. The van der Waals surface area contributed by atoms with E-state index in [1.165, 1.54) is 18.2 Å². The minimum Gasteiger partial charge on any atom is -0.434 e. The van der Waals surface area contributed by atoms with Gasteiger partial charge in [0.25, 0.3) is 11.6 Å². The van der Waals surface area contributed by atoms with Gasteiger partial charge >= 0.3 is 6.61 Å². The molecule has 11 heteroatoms. The number of alkyl halides is 2. The smallest absolute Gasteiger partial charge is 0.387 e. The molecule has 1 saturated heterocycles. The average molecular weight is 461 g/mol. The van der Waals surface area contributed by atoms with E-state index in [1.54, 1.807) is 6.07 Å². The lowest BCUT2D eigenvalue weighted by Crippen LogP contribution is -2.44. The summed E-state index contributed by atoms with van der Waals surface area (Å²) >= 11 is 2.95. The highest BCUT2D eigenvalue weighted by Gasteiger charge is 2.37. The van der Waals surface area contributed by atoms with Gasteiger partial charge in [-0.3, -0.25) is 19.8 Å². The number of nitro benzene ring substituents is 1. The fourth-order valence-electron chi connectivity index (χ4n) is 2.93. The number of hydrogen-bond acceptors (Lipinski definition) is 5. The van der Waals surface area contributed by atoms with Crippen molar-refractivity contribution >= 4 is 33.2 Å². The number of morpholine rings is 1. The van der Waals surface area contributed by atoms with Crippen LogP contribution in [0.2, 0.25) is 0 Å². The molecule has 0 aromatic heterocycles. The molecule has 1 atom stereocenters. The average Bonchev–Trinajstić information content (AvgIpc) is 2.63. The topological polar surface area (TPSA) is 81.9 Å². The molecule has 2 aromatic rings. The number of anilines is 1. The molecule has 7 nitrogen and oxygen atoms in total. The van der Waals surface area contributed by atoms with Gasteiger partial charge in [0.2, 0.25) is 0 Å². The highest BCUT2D eigenvalue weighted by Crippen LogP contribution is 2.41. The van der Waals surface area contributed by atoms with Gasteiger partial charge in [-0.25, -0.2) is 4.39 Å². The number of hydrogen-bond donors (Lipinski definition) is 0. The van der Waals surface area contributed by atoms with E-state index in [9.17, 15) is 28.1 Å². The van der Waals surface area contributed by atoms with Crippen LogP contribution in [0.5, 0.6) is 5.75 Å². The van der Waals surface area contributed by atoms with Gasteiger partial charge in [-0.15, -0.1) is 0 Å². The van der Waals surface area contributed by atoms with E-state index in [0.29, 0.717) is 6.07 Å². The first-order valence-corrected chi connectivity index (χ1v) is 8.66. The first kappa shape index (κ1) is 20.1. The lowest BCUT2D eigenvalue weighted by atomic mass is 10.0. The number of rotatable bonds is 5. The SMILES string of the molecule is O=C1COCC(c2ccccc2OC(F)F)N1c1cc(Br)c(F)cc1[N+](=O)[O-]. The molecule has 0 radical (unpaired) electrons. The van der Waals surface area contributed by atoms with Gasteiger partial charge in [-0.1, -0.05) is 18.2 Å². The molecule has 2 aromatic carbocycles. The summed E-state index contributed by atoms with van der Waals surface area (Å²) in [5.41, 5.74) is -0.665. The van der Waals surface area contributed by atoms with Crippen molar-refractivity contribution < 1.29 is 32.4 Å². The number of amides is 1. The number of ether oxygens (including phenoxy) is 2. The van der Waals surface area contributed by atoms with Gasteiger partial charge in [-0.05, 0) is 28.1 Å². The Hall–Kier alpha value is -2.66.